The van der Waals surface area contributed by atoms with Gasteiger partial charge in [-0.25, -0.2) is 0 Å². The van der Waals surface area contributed by atoms with Gasteiger partial charge < -0.3 is 0 Å². The number of hydrazine groups is 1. The molecular formula is C12H9N5O5. The molecule has 1 amide bonds. The van der Waals surface area contributed by atoms with E-state index in [1.165, 1.54) is 12.3 Å². The number of nitrogens with one attached hydrogen (secondary N) is 2. The van der Waals surface area contributed by atoms with Gasteiger partial charge in [-0.05, 0) is 18.2 Å². The highest BCUT2D eigenvalue weighted by molar-refractivity contribution is 5.93. The van der Waals surface area contributed by atoms with E-state index in [1.807, 2.05) is 0 Å². The van der Waals surface area contributed by atoms with Gasteiger partial charge in [-0.1, -0.05) is 6.07 Å². The molecule has 2 N–H and O–H groups in total. The van der Waals surface area contributed by atoms with Crippen molar-refractivity contribution in [3.63, 3.8) is 0 Å². The zero-order valence-electron chi connectivity index (χ0n) is 10.9. The molecule has 1 aromatic carbocycles. The minimum atomic E-state index is -0.789. The number of nitrogens with zero attached hydrogens (tertiary/aromatic N) is 3. The predicted molar refractivity (Wildman–Crippen MR) is 75.1 cm³/mol. The molecule has 2 rings (SSSR count). The molecule has 10 nitrogen and oxygen atoms in total. The van der Waals surface area contributed by atoms with Crippen LogP contribution in [-0.2, 0) is 0 Å². The van der Waals surface area contributed by atoms with E-state index in [4.69, 9.17) is 0 Å². The Labute approximate surface area is 123 Å². The van der Waals surface area contributed by atoms with Crippen molar-refractivity contribution in [3.8, 4) is 0 Å². The molecule has 10 heteroatoms. The molecule has 1 aromatic heterocycles. The lowest BCUT2D eigenvalue weighted by Crippen LogP contribution is -2.30. The number of nitro benzene ring substituents is 2. The molecule has 1 heterocycles. The number of amides is 1. The van der Waals surface area contributed by atoms with E-state index < -0.39 is 27.1 Å². The average Bonchev–Trinajstić information content (AvgIpc) is 2.53. The molecule has 0 saturated carbocycles. The van der Waals surface area contributed by atoms with Gasteiger partial charge in [0.25, 0.3) is 11.6 Å². The van der Waals surface area contributed by atoms with Gasteiger partial charge in [0.15, 0.2) is 0 Å². The molecule has 0 atom stereocenters. The highest BCUT2D eigenvalue weighted by Crippen LogP contribution is 2.28. The van der Waals surface area contributed by atoms with Crippen LogP contribution in [0.5, 0.6) is 0 Å². The van der Waals surface area contributed by atoms with Gasteiger partial charge >= 0.3 is 5.69 Å². The number of hydrogen-bond donors (Lipinski definition) is 2. The first-order valence-electron chi connectivity index (χ1n) is 5.89. The van der Waals surface area contributed by atoms with Crippen molar-refractivity contribution in [3.05, 3.63) is 68.5 Å². The second-order valence-corrected chi connectivity index (χ2v) is 4.01. The summed E-state index contributed by atoms with van der Waals surface area (Å²) in [6, 6.07) is 7.72. The lowest BCUT2D eigenvalue weighted by atomic mass is 10.2. The van der Waals surface area contributed by atoms with Gasteiger partial charge in [-0.3, -0.25) is 40.9 Å². The van der Waals surface area contributed by atoms with Gasteiger partial charge in [-0.15, -0.1) is 0 Å². The van der Waals surface area contributed by atoms with Crippen molar-refractivity contribution >= 4 is 23.0 Å². The van der Waals surface area contributed by atoms with Crippen molar-refractivity contribution in [1.82, 2.24) is 10.4 Å². The summed E-state index contributed by atoms with van der Waals surface area (Å²) in [7, 11) is 0. The van der Waals surface area contributed by atoms with Gasteiger partial charge in [0.05, 0.1) is 15.9 Å². The first kappa shape index (κ1) is 14.8. The number of benzene rings is 1. The number of aromatic nitrogens is 1. The Kier molecular flexibility index (Phi) is 4.22. The summed E-state index contributed by atoms with van der Waals surface area (Å²) >= 11 is 0. The van der Waals surface area contributed by atoms with Crippen molar-refractivity contribution in [1.29, 1.82) is 0 Å². The van der Waals surface area contributed by atoms with Crippen LogP contribution in [0.4, 0.5) is 17.1 Å². The largest absolute Gasteiger partial charge is 0.300 e. The number of pyridine rings is 1. The molecule has 112 valence electrons. The first-order valence-corrected chi connectivity index (χ1v) is 5.89. The molecule has 0 saturated heterocycles. The van der Waals surface area contributed by atoms with Crippen molar-refractivity contribution in [2.24, 2.45) is 0 Å². The minimum absolute atomic E-state index is 0.0834. The van der Waals surface area contributed by atoms with Crippen LogP contribution in [0.1, 0.15) is 10.5 Å². The van der Waals surface area contributed by atoms with Crippen molar-refractivity contribution in [2.75, 3.05) is 5.43 Å². The molecule has 0 radical (unpaired) electrons. The molecule has 0 aliphatic heterocycles. The SMILES string of the molecule is O=C(NNc1ccc([N+](=O)[O-])cc1[N+](=O)[O-])c1ccccn1. The van der Waals surface area contributed by atoms with E-state index >= 15 is 0 Å². The number of nitro groups is 2. The molecule has 0 aliphatic carbocycles. The zero-order chi connectivity index (χ0) is 16.1. The monoisotopic (exact) mass is 303 g/mol. The van der Waals surface area contributed by atoms with Crippen LogP contribution in [0.2, 0.25) is 0 Å². The maximum absolute atomic E-state index is 11.8. The Hall–Kier alpha value is -3.56. The van der Waals surface area contributed by atoms with Crippen LogP contribution in [0, 0.1) is 20.2 Å². The third-order valence-electron chi connectivity index (χ3n) is 2.60. The summed E-state index contributed by atoms with van der Waals surface area (Å²) in [5, 5.41) is 21.6. The number of carbonyl (C=O) groups excluding carboxylic acids is 1. The van der Waals surface area contributed by atoms with Crippen LogP contribution >= 0.6 is 0 Å². The quantitative estimate of drug-likeness (QED) is 0.632. The second kappa shape index (κ2) is 6.26. The van der Waals surface area contributed by atoms with Crippen LogP contribution < -0.4 is 10.9 Å². The Morgan fingerprint density at radius 3 is 2.45 bits per heavy atom. The summed E-state index contributed by atoms with van der Waals surface area (Å²) in [5.74, 6) is -0.603. The van der Waals surface area contributed by atoms with Crippen LogP contribution in [0.3, 0.4) is 0 Å². The molecule has 0 unspecified atom stereocenters. The topological polar surface area (TPSA) is 140 Å². The molecule has 22 heavy (non-hydrogen) atoms. The fourth-order valence-corrected chi connectivity index (χ4v) is 1.58. The fraction of sp³-hybridized carbons (Fsp3) is 0. The second-order valence-electron chi connectivity index (χ2n) is 4.01. The number of hydrogen-bond acceptors (Lipinski definition) is 7. The van der Waals surface area contributed by atoms with E-state index in [-0.39, 0.29) is 11.4 Å². The van der Waals surface area contributed by atoms with Gasteiger partial charge in [0.1, 0.15) is 11.4 Å². The molecular weight excluding hydrogens is 294 g/mol. The highest BCUT2D eigenvalue weighted by Gasteiger charge is 2.20. The Morgan fingerprint density at radius 1 is 1.09 bits per heavy atom. The van der Waals surface area contributed by atoms with Crippen LogP contribution in [-0.4, -0.2) is 20.7 Å². The van der Waals surface area contributed by atoms with E-state index in [1.54, 1.807) is 12.1 Å². The Bertz CT molecular complexity index is 734. The number of anilines is 1. The average molecular weight is 303 g/mol. The summed E-state index contributed by atoms with van der Waals surface area (Å²) < 4.78 is 0. The summed E-state index contributed by atoms with van der Waals surface area (Å²) in [6.07, 6.45) is 1.42. The van der Waals surface area contributed by atoms with Crippen LogP contribution in [0.25, 0.3) is 0 Å². The van der Waals surface area contributed by atoms with Crippen molar-refractivity contribution in [2.45, 2.75) is 0 Å². The van der Waals surface area contributed by atoms with E-state index in [9.17, 15) is 25.0 Å². The maximum Gasteiger partial charge on any atom is 0.300 e. The molecule has 0 fully saturated rings. The minimum Gasteiger partial charge on any atom is -0.292 e. The lowest BCUT2D eigenvalue weighted by Gasteiger charge is -2.08. The number of rotatable bonds is 5. The molecule has 0 aliphatic rings. The maximum atomic E-state index is 11.8. The number of non-ortho nitro benzene ring substituents is 1. The first-order chi connectivity index (χ1) is 10.5. The molecule has 0 spiro atoms. The summed E-state index contributed by atoms with van der Waals surface area (Å²) in [4.78, 5) is 35.6. The fourth-order valence-electron chi connectivity index (χ4n) is 1.58. The summed E-state index contributed by atoms with van der Waals surface area (Å²) in [5.41, 5.74) is 3.66. The molecule has 2 aromatic rings. The third-order valence-corrected chi connectivity index (χ3v) is 2.60. The zero-order valence-corrected chi connectivity index (χ0v) is 10.9. The van der Waals surface area contributed by atoms with Gasteiger partial charge in [0.2, 0.25) is 0 Å². The van der Waals surface area contributed by atoms with Gasteiger partial charge in [-0.2, -0.15) is 0 Å². The third kappa shape index (κ3) is 3.30. The van der Waals surface area contributed by atoms with Crippen LogP contribution in [0.15, 0.2) is 42.6 Å². The van der Waals surface area contributed by atoms with E-state index in [2.05, 4.69) is 15.8 Å². The standard InChI is InChI=1S/C12H9N5O5/c18-12(10-3-1-2-6-13-10)15-14-9-5-4-8(16(19)20)7-11(9)17(21)22/h1-7,14H,(H,15,18). The smallest absolute Gasteiger partial charge is 0.292 e. The Morgan fingerprint density at radius 2 is 1.86 bits per heavy atom. The van der Waals surface area contributed by atoms with E-state index in [0.29, 0.717) is 0 Å². The predicted octanol–water partition coefficient (Wildman–Crippen LogP) is 1.65. The molecule has 0 bridgehead atoms. The normalized spacial score (nSPS) is 9.82. The number of carbonyl (C=O) groups is 1. The summed E-state index contributed by atoms with van der Waals surface area (Å²) in [6.45, 7) is 0. The van der Waals surface area contributed by atoms with Crippen molar-refractivity contribution < 1.29 is 14.6 Å². The lowest BCUT2D eigenvalue weighted by molar-refractivity contribution is -0.393. The highest BCUT2D eigenvalue weighted by atomic mass is 16.6. The van der Waals surface area contributed by atoms with E-state index in [0.717, 1.165) is 18.2 Å². The van der Waals surface area contributed by atoms with Gasteiger partial charge in [0, 0.05) is 12.3 Å². The Balaban J connectivity index is 2.17.